The molecule has 0 radical (unpaired) electrons. The third-order valence-electron chi connectivity index (χ3n) is 3.06. The van der Waals surface area contributed by atoms with Crippen molar-refractivity contribution in [3.05, 3.63) is 59.1 Å². The van der Waals surface area contributed by atoms with E-state index in [4.69, 9.17) is 17.0 Å². The normalized spacial score (nSPS) is 10.0. The SMILES string of the molecule is CCN(C(=S)NC(=O)COc1ccc(Br)cc1)c1ccccc1. The Morgan fingerprint density at radius 3 is 2.43 bits per heavy atom. The van der Waals surface area contributed by atoms with Crippen molar-refractivity contribution < 1.29 is 9.53 Å². The van der Waals surface area contributed by atoms with Gasteiger partial charge in [-0.1, -0.05) is 34.1 Å². The Bertz CT molecular complexity index is 662. The van der Waals surface area contributed by atoms with Gasteiger partial charge in [0.1, 0.15) is 5.75 Å². The van der Waals surface area contributed by atoms with Crippen LogP contribution in [0.5, 0.6) is 5.75 Å². The van der Waals surface area contributed by atoms with Crippen molar-refractivity contribution in [1.29, 1.82) is 0 Å². The minimum absolute atomic E-state index is 0.0892. The van der Waals surface area contributed by atoms with Gasteiger partial charge in [0.15, 0.2) is 11.7 Å². The number of nitrogens with zero attached hydrogens (tertiary/aromatic N) is 1. The van der Waals surface area contributed by atoms with Gasteiger partial charge in [-0.15, -0.1) is 0 Å². The molecule has 0 aliphatic heterocycles. The Morgan fingerprint density at radius 2 is 1.83 bits per heavy atom. The lowest BCUT2D eigenvalue weighted by Gasteiger charge is -2.23. The predicted molar refractivity (Wildman–Crippen MR) is 99.8 cm³/mol. The molecule has 0 aromatic heterocycles. The van der Waals surface area contributed by atoms with Gasteiger partial charge in [-0.3, -0.25) is 10.1 Å². The molecular weight excluding hydrogens is 376 g/mol. The summed E-state index contributed by atoms with van der Waals surface area (Å²) in [6, 6.07) is 17.0. The molecule has 0 bridgehead atoms. The van der Waals surface area contributed by atoms with Crippen LogP contribution in [0.4, 0.5) is 5.69 Å². The van der Waals surface area contributed by atoms with Crippen LogP contribution in [-0.2, 0) is 4.79 Å². The molecule has 0 spiro atoms. The number of ether oxygens (including phenoxy) is 1. The second-order valence-corrected chi connectivity index (χ2v) is 5.98. The first-order valence-electron chi connectivity index (χ1n) is 7.15. The van der Waals surface area contributed by atoms with E-state index in [1.165, 1.54) is 0 Å². The molecule has 0 atom stereocenters. The largest absolute Gasteiger partial charge is 0.484 e. The van der Waals surface area contributed by atoms with E-state index in [1.54, 1.807) is 12.1 Å². The lowest BCUT2D eigenvalue weighted by Crippen LogP contribution is -2.44. The van der Waals surface area contributed by atoms with Gasteiger partial charge in [0.05, 0.1) is 0 Å². The summed E-state index contributed by atoms with van der Waals surface area (Å²) < 4.78 is 6.39. The van der Waals surface area contributed by atoms with Crippen LogP contribution >= 0.6 is 28.1 Å². The highest BCUT2D eigenvalue weighted by molar-refractivity contribution is 9.10. The van der Waals surface area contributed by atoms with E-state index in [0.717, 1.165) is 10.2 Å². The Kier molecular flexibility index (Phi) is 6.55. The number of halogens is 1. The van der Waals surface area contributed by atoms with Crippen LogP contribution in [0.15, 0.2) is 59.1 Å². The van der Waals surface area contributed by atoms with Gasteiger partial charge in [-0.25, -0.2) is 0 Å². The zero-order valence-electron chi connectivity index (χ0n) is 12.7. The van der Waals surface area contributed by atoms with Crippen LogP contribution in [0.25, 0.3) is 0 Å². The molecule has 6 heteroatoms. The molecule has 0 aliphatic carbocycles. The maximum atomic E-state index is 12.0. The van der Waals surface area contributed by atoms with Gasteiger partial charge in [-0.2, -0.15) is 0 Å². The first kappa shape index (κ1) is 17.4. The van der Waals surface area contributed by atoms with Crippen LogP contribution in [0.2, 0.25) is 0 Å². The second kappa shape index (κ2) is 8.64. The fourth-order valence-corrected chi connectivity index (χ4v) is 2.57. The van der Waals surface area contributed by atoms with Gasteiger partial charge in [0, 0.05) is 16.7 Å². The number of amides is 1. The van der Waals surface area contributed by atoms with E-state index in [1.807, 2.05) is 54.3 Å². The van der Waals surface area contributed by atoms with Gasteiger partial charge < -0.3 is 9.64 Å². The second-order valence-electron chi connectivity index (χ2n) is 4.68. The van der Waals surface area contributed by atoms with Crippen molar-refractivity contribution in [2.75, 3.05) is 18.1 Å². The highest BCUT2D eigenvalue weighted by atomic mass is 79.9. The van der Waals surface area contributed by atoms with Gasteiger partial charge in [0.25, 0.3) is 5.91 Å². The predicted octanol–water partition coefficient (Wildman–Crippen LogP) is 3.76. The first-order valence-corrected chi connectivity index (χ1v) is 8.35. The summed E-state index contributed by atoms with van der Waals surface area (Å²) in [6.45, 7) is 2.55. The number of nitrogens with one attached hydrogen (secondary N) is 1. The average molecular weight is 393 g/mol. The van der Waals surface area contributed by atoms with Crippen LogP contribution < -0.4 is 15.0 Å². The number of rotatable bonds is 5. The van der Waals surface area contributed by atoms with Crippen molar-refractivity contribution in [3.63, 3.8) is 0 Å². The van der Waals surface area contributed by atoms with Crippen molar-refractivity contribution in [3.8, 4) is 5.75 Å². The maximum Gasteiger partial charge on any atom is 0.264 e. The molecule has 0 fully saturated rings. The van der Waals surface area contributed by atoms with Gasteiger partial charge in [0.2, 0.25) is 0 Å². The Balaban J connectivity index is 1.88. The number of benzene rings is 2. The minimum atomic E-state index is -0.285. The molecule has 0 aliphatic rings. The van der Waals surface area contributed by atoms with Crippen LogP contribution in [-0.4, -0.2) is 24.2 Å². The number of anilines is 1. The first-order chi connectivity index (χ1) is 11.1. The number of hydrogen-bond donors (Lipinski definition) is 1. The Morgan fingerprint density at radius 1 is 1.17 bits per heavy atom. The number of hydrogen-bond acceptors (Lipinski definition) is 3. The molecule has 1 amide bonds. The minimum Gasteiger partial charge on any atom is -0.484 e. The van der Waals surface area contributed by atoms with Crippen molar-refractivity contribution in [2.45, 2.75) is 6.92 Å². The standard InChI is InChI=1S/C17H17BrN2O2S/c1-2-20(14-6-4-3-5-7-14)17(23)19-16(21)12-22-15-10-8-13(18)9-11-15/h3-11H,2,12H2,1H3,(H,19,21,23). The average Bonchev–Trinajstić information content (AvgIpc) is 2.56. The van der Waals surface area contributed by atoms with Crippen LogP contribution in [0.1, 0.15) is 6.92 Å². The van der Waals surface area contributed by atoms with Crippen molar-refractivity contribution >= 4 is 44.9 Å². The van der Waals surface area contributed by atoms with E-state index < -0.39 is 0 Å². The summed E-state index contributed by atoms with van der Waals surface area (Å²) in [5, 5.41) is 3.06. The fourth-order valence-electron chi connectivity index (χ4n) is 1.95. The van der Waals surface area contributed by atoms with E-state index in [0.29, 0.717) is 17.4 Å². The molecule has 1 N–H and O–H groups in total. The van der Waals surface area contributed by atoms with Crippen LogP contribution in [0, 0.1) is 0 Å². The molecule has 23 heavy (non-hydrogen) atoms. The lowest BCUT2D eigenvalue weighted by molar-refractivity contribution is -0.121. The molecule has 2 aromatic rings. The summed E-state index contributed by atoms with van der Waals surface area (Å²) in [7, 11) is 0. The summed E-state index contributed by atoms with van der Waals surface area (Å²) in [5.41, 5.74) is 0.939. The smallest absolute Gasteiger partial charge is 0.264 e. The highest BCUT2D eigenvalue weighted by Crippen LogP contribution is 2.16. The molecule has 4 nitrogen and oxygen atoms in total. The third kappa shape index (κ3) is 5.33. The summed E-state index contributed by atoms with van der Waals surface area (Å²) >= 11 is 8.66. The van der Waals surface area contributed by atoms with E-state index in [2.05, 4.69) is 21.2 Å². The third-order valence-corrected chi connectivity index (χ3v) is 3.91. The molecule has 0 heterocycles. The van der Waals surface area contributed by atoms with Crippen molar-refractivity contribution in [1.82, 2.24) is 5.32 Å². The van der Waals surface area contributed by atoms with Crippen LogP contribution in [0.3, 0.4) is 0 Å². The fraction of sp³-hybridized carbons (Fsp3) is 0.176. The number of carbonyl (C=O) groups excluding carboxylic acids is 1. The number of carbonyl (C=O) groups is 1. The summed E-state index contributed by atoms with van der Waals surface area (Å²) in [6.07, 6.45) is 0. The molecule has 0 saturated heterocycles. The quantitative estimate of drug-likeness (QED) is 0.786. The van der Waals surface area contributed by atoms with E-state index >= 15 is 0 Å². The summed E-state index contributed by atoms with van der Waals surface area (Å²) in [4.78, 5) is 13.8. The zero-order valence-corrected chi connectivity index (χ0v) is 15.1. The number of para-hydroxylation sites is 1. The highest BCUT2D eigenvalue weighted by Gasteiger charge is 2.13. The molecule has 2 rings (SSSR count). The Hall–Kier alpha value is -1.92. The van der Waals surface area contributed by atoms with Gasteiger partial charge >= 0.3 is 0 Å². The van der Waals surface area contributed by atoms with E-state index in [9.17, 15) is 4.79 Å². The molecular formula is C17H17BrN2O2S. The maximum absolute atomic E-state index is 12.0. The monoisotopic (exact) mass is 392 g/mol. The molecule has 0 unspecified atom stereocenters. The molecule has 120 valence electrons. The van der Waals surface area contributed by atoms with Crippen molar-refractivity contribution in [2.24, 2.45) is 0 Å². The molecule has 0 saturated carbocycles. The van der Waals surface area contributed by atoms with E-state index in [-0.39, 0.29) is 12.5 Å². The number of thiocarbonyl (C=S) groups is 1. The zero-order chi connectivity index (χ0) is 16.7. The lowest BCUT2D eigenvalue weighted by atomic mass is 10.3. The topological polar surface area (TPSA) is 41.6 Å². The summed E-state index contributed by atoms with van der Waals surface area (Å²) in [5.74, 6) is 0.344. The Labute approximate surface area is 149 Å². The molecule has 2 aromatic carbocycles. The van der Waals surface area contributed by atoms with Gasteiger partial charge in [-0.05, 0) is 55.5 Å².